The number of nitrogens with one attached hydrogen (secondary N) is 1. The maximum Gasteiger partial charge on any atom is 0.344 e. The molecule has 0 bridgehead atoms. The maximum absolute atomic E-state index is 11.6. The minimum absolute atomic E-state index is 0.195. The molecule has 0 saturated carbocycles. The molecule has 8 heteroatoms. The molecule has 1 aromatic carbocycles. The van der Waals surface area contributed by atoms with E-state index in [-0.39, 0.29) is 10.7 Å². The number of benzene rings is 1. The van der Waals surface area contributed by atoms with Gasteiger partial charge in [-0.2, -0.15) is 0 Å². The van der Waals surface area contributed by atoms with Crippen molar-refractivity contribution < 1.29 is 29.0 Å². The van der Waals surface area contributed by atoms with E-state index in [1.807, 2.05) is 0 Å². The summed E-state index contributed by atoms with van der Waals surface area (Å²) in [7, 11) is 1.42. The van der Waals surface area contributed by atoms with E-state index in [1.165, 1.54) is 20.1 Å². The Labute approximate surface area is 130 Å². The highest BCUT2D eigenvalue weighted by Gasteiger charge is 2.26. The van der Waals surface area contributed by atoms with Crippen molar-refractivity contribution in [3.8, 4) is 11.5 Å². The number of imide groups is 1. The lowest BCUT2D eigenvalue weighted by Crippen LogP contribution is -2.23. The van der Waals surface area contributed by atoms with E-state index in [0.29, 0.717) is 11.3 Å². The number of hydrogen-bond donors (Lipinski definition) is 2. The van der Waals surface area contributed by atoms with Crippen LogP contribution in [0, 0.1) is 0 Å². The fraction of sp³-hybridized carbons (Fsp3) is 0.214. The second-order valence-electron chi connectivity index (χ2n) is 4.33. The quantitative estimate of drug-likeness (QED) is 0.797. The molecule has 116 valence electrons. The molecule has 2 amide bonds. The Balaban J connectivity index is 2.43. The third-order valence-corrected chi connectivity index (χ3v) is 3.61. The molecule has 1 aliphatic heterocycles. The second kappa shape index (κ2) is 6.52. The first-order valence-corrected chi connectivity index (χ1v) is 7.05. The molecule has 0 spiro atoms. The number of rotatable bonds is 5. The number of carbonyl (C=O) groups excluding carboxylic acids is 2. The van der Waals surface area contributed by atoms with Crippen LogP contribution in [0.5, 0.6) is 11.5 Å². The number of aliphatic carboxylic acids is 1. The molecule has 0 aromatic heterocycles. The van der Waals surface area contributed by atoms with Gasteiger partial charge in [0, 0.05) is 5.56 Å². The van der Waals surface area contributed by atoms with Crippen LogP contribution in [0.1, 0.15) is 12.5 Å². The predicted molar refractivity (Wildman–Crippen MR) is 79.8 cm³/mol. The fourth-order valence-corrected chi connectivity index (χ4v) is 2.40. The highest BCUT2D eigenvalue weighted by Crippen LogP contribution is 2.35. The van der Waals surface area contributed by atoms with Crippen molar-refractivity contribution in [1.29, 1.82) is 0 Å². The van der Waals surface area contributed by atoms with Gasteiger partial charge in [0.2, 0.25) is 0 Å². The number of carbonyl (C=O) groups is 3. The molecule has 22 heavy (non-hydrogen) atoms. The van der Waals surface area contributed by atoms with Gasteiger partial charge in [-0.1, -0.05) is 12.1 Å². The van der Waals surface area contributed by atoms with Gasteiger partial charge in [0.05, 0.1) is 12.0 Å². The number of thioether (sulfide) groups is 1. The first-order valence-electron chi connectivity index (χ1n) is 6.23. The van der Waals surface area contributed by atoms with Gasteiger partial charge in [-0.25, -0.2) is 4.79 Å². The monoisotopic (exact) mass is 323 g/mol. The largest absolute Gasteiger partial charge is 0.493 e. The van der Waals surface area contributed by atoms with E-state index in [4.69, 9.17) is 14.6 Å². The summed E-state index contributed by atoms with van der Waals surface area (Å²) >= 11 is 0.765. The summed E-state index contributed by atoms with van der Waals surface area (Å²) in [4.78, 5) is 33.9. The van der Waals surface area contributed by atoms with Crippen LogP contribution >= 0.6 is 11.8 Å². The Hall–Kier alpha value is -2.48. The van der Waals surface area contributed by atoms with Gasteiger partial charge in [-0.15, -0.1) is 0 Å². The maximum atomic E-state index is 11.6. The lowest BCUT2D eigenvalue weighted by atomic mass is 10.1. The van der Waals surface area contributed by atoms with E-state index in [9.17, 15) is 14.4 Å². The normalized spacial score (nSPS) is 17.3. The van der Waals surface area contributed by atoms with E-state index in [1.54, 1.807) is 18.2 Å². The molecule has 2 N–H and O–H groups in total. The number of para-hydroxylation sites is 1. The predicted octanol–water partition coefficient (Wildman–Crippen LogP) is 1.87. The van der Waals surface area contributed by atoms with Gasteiger partial charge in [0.15, 0.2) is 17.6 Å². The lowest BCUT2D eigenvalue weighted by Gasteiger charge is -2.16. The van der Waals surface area contributed by atoms with Gasteiger partial charge in [-0.05, 0) is 30.8 Å². The summed E-state index contributed by atoms with van der Waals surface area (Å²) in [6.45, 7) is 1.38. The molecule has 1 saturated heterocycles. The number of carboxylic acid groups (broad SMARTS) is 1. The first-order chi connectivity index (χ1) is 10.4. The molecule has 1 fully saturated rings. The topological polar surface area (TPSA) is 102 Å². The van der Waals surface area contributed by atoms with Crippen LogP contribution in [0.4, 0.5) is 4.79 Å². The SMILES string of the molecule is COc1cccc(/C=C2/SC(=O)NC2=O)c1O[C@@H](C)C(=O)O. The van der Waals surface area contributed by atoms with Gasteiger partial charge in [0.1, 0.15) is 0 Å². The van der Waals surface area contributed by atoms with Crippen LogP contribution in [0.15, 0.2) is 23.1 Å². The van der Waals surface area contributed by atoms with Crippen LogP contribution in [0.2, 0.25) is 0 Å². The van der Waals surface area contributed by atoms with Gasteiger partial charge in [0.25, 0.3) is 11.1 Å². The van der Waals surface area contributed by atoms with Gasteiger partial charge < -0.3 is 14.6 Å². The van der Waals surface area contributed by atoms with Crippen molar-refractivity contribution in [1.82, 2.24) is 5.32 Å². The minimum atomic E-state index is -1.13. The Morgan fingerprint density at radius 1 is 1.41 bits per heavy atom. The van der Waals surface area contributed by atoms with Crippen molar-refractivity contribution in [3.63, 3.8) is 0 Å². The number of hydrogen-bond acceptors (Lipinski definition) is 6. The van der Waals surface area contributed by atoms with Crippen molar-refractivity contribution in [2.75, 3.05) is 7.11 Å². The Kier molecular flexibility index (Phi) is 4.71. The van der Waals surface area contributed by atoms with Crippen LogP contribution in [-0.4, -0.2) is 35.4 Å². The average Bonchev–Trinajstić information content (AvgIpc) is 2.78. The van der Waals surface area contributed by atoms with E-state index < -0.39 is 23.2 Å². The summed E-state index contributed by atoms with van der Waals surface area (Å²) in [5.74, 6) is -1.11. The summed E-state index contributed by atoms with van der Waals surface area (Å²) < 4.78 is 10.6. The molecule has 1 aromatic rings. The summed E-state index contributed by atoms with van der Waals surface area (Å²) in [5, 5.41) is 10.7. The molecule has 0 aliphatic carbocycles. The van der Waals surface area contributed by atoms with Gasteiger partial charge >= 0.3 is 5.97 Å². The van der Waals surface area contributed by atoms with Crippen molar-refractivity contribution in [3.05, 3.63) is 28.7 Å². The smallest absolute Gasteiger partial charge is 0.344 e. The van der Waals surface area contributed by atoms with Crippen LogP contribution in [0.3, 0.4) is 0 Å². The Morgan fingerprint density at radius 3 is 2.68 bits per heavy atom. The van der Waals surface area contributed by atoms with Crippen LogP contribution < -0.4 is 14.8 Å². The van der Waals surface area contributed by atoms with Crippen molar-refractivity contribution in [2.24, 2.45) is 0 Å². The zero-order chi connectivity index (χ0) is 16.3. The van der Waals surface area contributed by atoms with Crippen LogP contribution in [0.25, 0.3) is 6.08 Å². The molecular formula is C14H13NO6S. The van der Waals surface area contributed by atoms with Crippen molar-refractivity contribution >= 4 is 35.0 Å². The molecule has 0 radical (unpaired) electrons. The molecule has 0 unspecified atom stereocenters. The average molecular weight is 323 g/mol. The third kappa shape index (κ3) is 3.40. The molecule has 2 rings (SSSR count). The Bertz CT molecular complexity index is 669. The summed E-state index contributed by atoms with van der Waals surface area (Å²) in [5.41, 5.74) is 0.444. The zero-order valence-electron chi connectivity index (χ0n) is 11.8. The number of ether oxygens (including phenoxy) is 2. The molecule has 7 nitrogen and oxygen atoms in total. The second-order valence-corrected chi connectivity index (χ2v) is 5.34. The standard InChI is InChI=1S/C14H13NO6S/c1-7(13(17)18)21-11-8(4-3-5-9(11)20-2)6-10-12(16)15-14(19)22-10/h3-7H,1-2H3,(H,17,18)(H,15,16,19)/b10-6+/t7-/m0/s1. The highest BCUT2D eigenvalue weighted by atomic mass is 32.2. The molecule has 1 atom stereocenters. The molecule has 1 aliphatic rings. The van der Waals surface area contributed by atoms with Crippen molar-refractivity contribution in [2.45, 2.75) is 13.0 Å². The molecular weight excluding hydrogens is 310 g/mol. The first kappa shape index (κ1) is 15.9. The fourth-order valence-electron chi connectivity index (χ4n) is 1.72. The van der Waals surface area contributed by atoms with Gasteiger partial charge in [-0.3, -0.25) is 14.9 Å². The summed E-state index contributed by atoms with van der Waals surface area (Å²) in [6, 6.07) is 4.91. The van der Waals surface area contributed by atoms with Crippen LogP contribution in [-0.2, 0) is 9.59 Å². The Morgan fingerprint density at radius 2 is 2.14 bits per heavy atom. The van der Waals surface area contributed by atoms with E-state index in [2.05, 4.69) is 5.32 Å². The summed E-state index contributed by atoms with van der Waals surface area (Å²) in [6.07, 6.45) is 0.359. The van der Waals surface area contributed by atoms with E-state index in [0.717, 1.165) is 11.8 Å². The third-order valence-electron chi connectivity index (χ3n) is 2.80. The number of amides is 2. The number of methoxy groups -OCH3 is 1. The highest BCUT2D eigenvalue weighted by molar-refractivity contribution is 8.18. The van der Waals surface area contributed by atoms with E-state index >= 15 is 0 Å². The zero-order valence-corrected chi connectivity index (χ0v) is 12.6. The molecule has 1 heterocycles. The lowest BCUT2D eigenvalue weighted by molar-refractivity contribution is -0.144. The number of carboxylic acids is 1. The minimum Gasteiger partial charge on any atom is -0.493 e.